The van der Waals surface area contributed by atoms with Crippen molar-refractivity contribution in [3.05, 3.63) is 29.8 Å². The van der Waals surface area contributed by atoms with Crippen LogP contribution >= 0.6 is 0 Å². The van der Waals surface area contributed by atoms with E-state index in [2.05, 4.69) is 6.92 Å². The maximum absolute atomic E-state index is 11.2. The van der Waals surface area contributed by atoms with Gasteiger partial charge >= 0.3 is 0 Å². The fourth-order valence-electron chi connectivity index (χ4n) is 1.99. The molecule has 2 rings (SSSR count). The summed E-state index contributed by atoms with van der Waals surface area (Å²) in [6.07, 6.45) is 2.59. The van der Waals surface area contributed by atoms with E-state index < -0.39 is 0 Å². The molecule has 0 radical (unpaired) electrons. The lowest BCUT2D eigenvalue weighted by molar-refractivity contribution is 0.101. The Morgan fingerprint density at radius 3 is 2.81 bits per heavy atom. The maximum Gasteiger partial charge on any atom is 0.159 e. The number of ether oxygens (including phenoxy) is 1. The molecule has 0 spiro atoms. The van der Waals surface area contributed by atoms with E-state index in [4.69, 9.17) is 4.74 Å². The Bertz CT molecular complexity index is 384. The van der Waals surface area contributed by atoms with Gasteiger partial charge in [-0.05, 0) is 43.7 Å². The molecule has 1 aliphatic rings. The van der Waals surface area contributed by atoms with Crippen molar-refractivity contribution >= 4 is 5.78 Å². The molecule has 16 heavy (non-hydrogen) atoms. The number of rotatable bonds is 4. The topological polar surface area (TPSA) is 26.3 Å². The number of Topliss-reactive ketones (excluding diaryl/α,β-unsaturated/α-hetero) is 1. The zero-order valence-electron chi connectivity index (χ0n) is 9.90. The first-order valence-corrected chi connectivity index (χ1v) is 5.90. The van der Waals surface area contributed by atoms with Crippen molar-refractivity contribution in [3.8, 4) is 5.75 Å². The number of hydrogen-bond acceptors (Lipinski definition) is 2. The van der Waals surface area contributed by atoms with E-state index in [1.165, 1.54) is 12.8 Å². The fraction of sp³-hybridized carbons (Fsp3) is 0.500. The van der Waals surface area contributed by atoms with Crippen LogP contribution in [0.15, 0.2) is 24.3 Å². The Kier molecular flexibility index (Phi) is 3.28. The Hall–Kier alpha value is -1.31. The fourth-order valence-corrected chi connectivity index (χ4v) is 1.99. The zero-order valence-corrected chi connectivity index (χ0v) is 9.90. The van der Waals surface area contributed by atoms with Gasteiger partial charge in [-0.15, -0.1) is 0 Å². The lowest BCUT2D eigenvalue weighted by atomic mass is 9.75. The monoisotopic (exact) mass is 218 g/mol. The molecule has 2 heteroatoms. The van der Waals surface area contributed by atoms with Crippen LogP contribution in [0.1, 0.15) is 37.0 Å². The molecule has 86 valence electrons. The molecule has 1 saturated carbocycles. The van der Waals surface area contributed by atoms with E-state index in [1.54, 1.807) is 6.92 Å². The summed E-state index contributed by atoms with van der Waals surface area (Å²) in [4.78, 5) is 11.2. The molecule has 0 bridgehead atoms. The zero-order chi connectivity index (χ0) is 11.5. The van der Waals surface area contributed by atoms with Gasteiger partial charge in [-0.25, -0.2) is 0 Å². The Morgan fingerprint density at radius 1 is 1.44 bits per heavy atom. The smallest absolute Gasteiger partial charge is 0.159 e. The molecule has 0 amide bonds. The Labute approximate surface area is 96.6 Å². The van der Waals surface area contributed by atoms with E-state index in [0.717, 1.165) is 23.8 Å². The molecule has 2 unspecified atom stereocenters. The molecule has 1 fully saturated rings. The molecule has 1 aromatic carbocycles. The first-order valence-electron chi connectivity index (χ1n) is 5.90. The van der Waals surface area contributed by atoms with Crippen molar-refractivity contribution < 1.29 is 9.53 Å². The summed E-state index contributed by atoms with van der Waals surface area (Å²) in [5.41, 5.74) is 0.721. The molecular weight excluding hydrogens is 200 g/mol. The molecule has 0 saturated heterocycles. The Balaban J connectivity index is 1.93. The number of ketones is 1. The van der Waals surface area contributed by atoms with Crippen LogP contribution in [0.4, 0.5) is 0 Å². The van der Waals surface area contributed by atoms with E-state index in [-0.39, 0.29) is 5.78 Å². The number of hydrogen-bond donors (Lipinski definition) is 0. The summed E-state index contributed by atoms with van der Waals surface area (Å²) < 4.78 is 5.72. The van der Waals surface area contributed by atoms with Crippen LogP contribution < -0.4 is 4.74 Å². The van der Waals surface area contributed by atoms with Gasteiger partial charge in [0.25, 0.3) is 0 Å². The van der Waals surface area contributed by atoms with Gasteiger partial charge in [0.05, 0.1) is 6.61 Å². The third-order valence-corrected chi connectivity index (χ3v) is 3.50. The van der Waals surface area contributed by atoms with Crippen molar-refractivity contribution in [1.82, 2.24) is 0 Å². The molecule has 0 aromatic heterocycles. The second-order valence-electron chi connectivity index (χ2n) is 4.71. The normalized spacial score (nSPS) is 23.6. The average molecular weight is 218 g/mol. The largest absolute Gasteiger partial charge is 0.493 e. The predicted molar refractivity (Wildman–Crippen MR) is 63.8 cm³/mol. The molecule has 0 N–H and O–H groups in total. The summed E-state index contributed by atoms with van der Waals surface area (Å²) >= 11 is 0. The van der Waals surface area contributed by atoms with Gasteiger partial charge in [-0.3, -0.25) is 4.79 Å². The molecular formula is C14H18O2. The number of carbonyl (C=O) groups excluding carboxylic acids is 1. The molecule has 2 nitrogen and oxygen atoms in total. The van der Waals surface area contributed by atoms with E-state index >= 15 is 0 Å². The molecule has 2 atom stereocenters. The average Bonchev–Trinajstić information content (AvgIpc) is 2.27. The highest BCUT2D eigenvalue weighted by molar-refractivity contribution is 5.94. The quantitative estimate of drug-likeness (QED) is 0.725. The van der Waals surface area contributed by atoms with Gasteiger partial charge in [0.15, 0.2) is 5.78 Å². The van der Waals surface area contributed by atoms with Crippen molar-refractivity contribution in [2.45, 2.75) is 26.7 Å². The van der Waals surface area contributed by atoms with Gasteiger partial charge in [-0.2, -0.15) is 0 Å². The first kappa shape index (κ1) is 11.2. The van der Waals surface area contributed by atoms with Gasteiger partial charge in [0, 0.05) is 5.56 Å². The van der Waals surface area contributed by atoms with Crippen LogP contribution in [0, 0.1) is 11.8 Å². The van der Waals surface area contributed by atoms with Crippen LogP contribution in [0.25, 0.3) is 0 Å². The van der Waals surface area contributed by atoms with Crippen LogP contribution in [0.5, 0.6) is 5.75 Å². The van der Waals surface area contributed by atoms with Crippen LogP contribution in [-0.2, 0) is 0 Å². The summed E-state index contributed by atoms with van der Waals surface area (Å²) in [6, 6.07) is 7.43. The van der Waals surface area contributed by atoms with Crippen LogP contribution in [0.3, 0.4) is 0 Å². The second-order valence-corrected chi connectivity index (χ2v) is 4.71. The standard InChI is InChI=1S/C14H18O2/c1-10-6-7-13(10)9-16-14-5-3-4-12(8-14)11(2)15/h3-5,8,10,13H,6-7,9H2,1-2H3. The minimum Gasteiger partial charge on any atom is -0.493 e. The van der Waals surface area contributed by atoms with Crippen LogP contribution in [-0.4, -0.2) is 12.4 Å². The summed E-state index contributed by atoms with van der Waals surface area (Å²) in [5, 5.41) is 0. The SMILES string of the molecule is CC(=O)c1cccc(OCC2CCC2C)c1. The van der Waals surface area contributed by atoms with E-state index in [1.807, 2.05) is 24.3 Å². The Morgan fingerprint density at radius 2 is 2.25 bits per heavy atom. The first-order chi connectivity index (χ1) is 7.66. The van der Waals surface area contributed by atoms with Crippen molar-refractivity contribution in [2.75, 3.05) is 6.61 Å². The number of benzene rings is 1. The van der Waals surface area contributed by atoms with Gasteiger partial charge in [0.2, 0.25) is 0 Å². The van der Waals surface area contributed by atoms with Gasteiger partial charge in [-0.1, -0.05) is 19.1 Å². The third kappa shape index (κ3) is 2.43. The van der Waals surface area contributed by atoms with E-state index in [0.29, 0.717) is 5.92 Å². The molecule has 0 heterocycles. The maximum atomic E-state index is 11.2. The van der Waals surface area contributed by atoms with Crippen molar-refractivity contribution in [3.63, 3.8) is 0 Å². The minimum absolute atomic E-state index is 0.0856. The van der Waals surface area contributed by atoms with Crippen molar-refractivity contribution in [1.29, 1.82) is 0 Å². The second kappa shape index (κ2) is 4.69. The van der Waals surface area contributed by atoms with Crippen molar-refractivity contribution in [2.24, 2.45) is 11.8 Å². The summed E-state index contributed by atoms with van der Waals surface area (Å²) in [6.45, 7) is 4.62. The lowest BCUT2D eigenvalue weighted by Crippen LogP contribution is -2.28. The molecule has 0 aliphatic heterocycles. The van der Waals surface area contributed by atoms with E-state index in [9.17, 15) is 4.79 Å². The van der Waals surface area contributed by atoms with Crippen LogP contribution in [0.2, 0.25) is 0 Å². The highest BCUT2D eigenvalue weighted by atomic mass is 16.5. The van der Waals surface area contributed by atoms with Gasteiger partial charge in [0.1, 0.15) is 5.75 Å². The summed E-state index contributed by atoms with van der Waals surface area (Å²) in [5.74, 6) is 2.38. The number of carbonyl (C=O) groups is 1. The highest BCUT2D eigenvalue weighted by Crippen LogP contribution is 2.33. The third-order valence-electron chi connectivity index (χ3n) is 3.50. The predicted octanol–water partition coefficient (Wildman–Crippen LogP) is 3.31. The molecule has 1 aliphatic carbocycles. The van der Waals surface area contributed by atoms with Gasteiger partial charge < -0.3 is 4.74 Å². The highest BCUT2D eigenvalue weighted by Gasteiger charge is 2.27. The molecule has 1 aromatic rings. The lowest BCUT2D eigenvalue weighted by Gasteiger charge is -2.33. The summed E-state index contributed by atoms with van der Waals surface area (Å²) in [7, 11) is 0. The minimum atomic E-state index is 0.0856.